The molecule has 4 aromatic carbocycles. The zero-order chi connectivity index (χ0) is 76.7. The van der Waals surface area contributed by atoms with Crippen molar-refractivity contribution in [2.24, 2.45) is 16.8 Å². The minimum Gasteiger partial charge on any atom is -0.493 e. The van der Waals surface area contributed by atoms with Gasteiger partial charge >= 0.3 is 6.09 Å². The van der Waals surface area contributed by atoms with Crippen LogP contribution in [0.5, 0.6) is 17.2 Å². The second kappa shape index (κ2) is 43.6. The molecule has 108 heavy (non-hydrogen) atoms. The summed E-state index contributed by atoms with van der Waals surface area (Å²) in [4.78, 5) is 103. The molecule has 28 nitrogen and oxygen atoms in total. The minimum absolute atomic E-state index is 0.00410. The molecule has 5 amide bonds. The van der Waals surface area contributed by atoms with Crippen LogP contribution in [0.3, 0.4) is 0 Å². The third-order valence-electron chi connectivity index (χ3n) is 19.3. The summed E-state index contributed by atoms with van der Waals surface area (Å²) in [6, 6.07) is 21.1. The van der Waals surface area contributed by atoms with Crippen molar-refractivity contribution in [1.29, 1.82) is 0 Å². The summed E-state index contributed by atoms with van der Waals surface area (Å²) >= 11 is 0. The van der Waals surface area contributed by atoms with Crippen LogP contribution in [-0.4, -0.2) is 249 Å². The largest absolute Gasteiger partial charge is 0.493 e. The molecule has 588 valence electrons. The highest BCUT2D eigenvalue weighted by molar-refractivity contribution is 6.03. The van der Waals surface area contributed by atoms with Crippen LogP contribution in [0.15, 0.2) is 102 Å². The number of aliphatic hydroxyl groups excluding tert-OH is 2. The van der Waals surface area contributed by atoms with Crippen LogP contribution in [0, 0.1) is 18.8 Å². The van der Waals surface area contributed by atoms with Crippen LogP contribution in [0.2, 0.25) is 0 Å². The van der Waals surface area contributed by atoms with Crippen LogP contribution >= 0.6 is 0 Å². The number of aliphatic hydroxyl groups is 2. The maximum atomic E-state index is 14.4. The van der Waals surface area contributed by atoms with E-state index in [4.69, 9.17) is 61.8 Å². The lowest BCUT2D eigenvalue weighted by molar-refractivity contribution is -0.133. The van der Waals surface area contributed by atoms with E-state index in [1.165, 1.54) is 34.6 Å². The standard InChI is InChI=1S/C80H107N7O21/c1-7-57-42-69-79(95)87(68-48-71(55(4)41-62(68)51-84(69)50-57)106-23-10-24-107-73-47-67-66(46-72(73)97-6)78(94)86-52-61-12-9-8-11-60(61)44-63(86)49-82-67)80(96)108-53-59-15-13-58(14-16-59)43-70(89)56(5)83-77(93)65(54(2)3)45-64(88)20-25-98-27-29-100-31-33-102-35-37-104-39-40-105-38-36-103-34-32-101-30-28-99-26-21-81-74(90)19-22-85-75(91)17-18-76(85)92/h7-9,11-18,41,46-49,54,56,63,65,69,75,79,91,95H,10,19-40,42-45,50-53H2,1-6H3,(H,81,90)(H,83,93)/b57-7-/t56-,63?,65-,69-,75?,79?/m0/s1. The number of carbonyl (C=O) groups excluding carboxylic acids is 7. The molecule has 3 unspecified atom stereocenters. The Hall–Kier alpha value is -8.52. The number of hydrogen-bond acceptors (Lipinski definition) is 23. The molecule has 5 aliphatic rings. The lowest BCUT2D eigenvalue weighted by Gasteiger charge is -2.34. The third kappa shape index (κ3) is 25.0. The first-order valence-corrected chi connectivity index (χ1v) is 37.4. The van der Waals surface area contributed by atoms with Gasteiger partial charge in [-0.15, -0.1) is 0 Å². The van der Waals surface area contributed by atoms with E-state index in [0.29, 0.717) is 183 Å². The topological polar surface area (TPSA) is 320 Å². The molecule has 6 atom stereocenters. The monoisotopic (exact) mass is 1500 g/mol. The number of ketones is 2. The van der Waals surface area contributed by atoms with Gasteiger partial charge in [-0.3, -0.25) is 38.7 Å². The lowest BCUT2D eigenvalue weighted by Crippen LogP contribution is -2.50. The fraction of sp³-hybridized carbons (Fsp3) is 0.550. The van der Waals surface area contributed by atoms with Crippen molar-refractivity contribution in [1.82, 2.24) is 25.3 Å². The van der Waals surface area contributed by atoms with E-state index < -0.39 is 30.5 Å². The Bertz CT molecular complexity index is 3720. The number of nitrogens with zero attached hydrogens (tertiary/aromatic N) is 5. The molecule has 0 bridgehead atoms. The molecule has 1 fully saturated rings. The first kappa shape index (κ1) is 83.5. The van der Waals surface area contributed by atoms with Gasteiger partial charge in [0.15, 0.2) is 23.5 Å². The van der Waals surface area contributed by atoms with Gasteiger partial charge in [-0.25, -0.2) is 9.69 Å². The highest BCUT2D eigenvalue weighted by atomic mass is 16.6. The maximum Gasteiger partial charge on any atom is 0.416 e. The molecule has 0 spiro atoms. The number of aryl methyl sites for hydroxylation is 1. The normalized spacial score (nSPS) is 18.2. The summed E-state index contributed by atoms with van der Waals surface area (Å²) in [7, 11) is 1.54. The van der Waals surface area contributed by atoms with E-state index in [-0.39, 0.29) is 118 Å². The van der Waals surface area contributed by atoms with E-state index in [1.807, 2.05) is 57.0 Å². The SMILES string of the molecule is C/C=C1/C[C@H]2C(O)N(C(=O)OCc3ccc(CC(=O)[C@H](C)NC(=O)[C@@H](CC(=O)CCOCCOCCOCCOCCOCCOCCOCCOCCNC(=O)CCN4C(=O)C=CC4O)C(C)C)cc3)c3cc(OCCCOc4cc5c(cc4OC)C(=O)N4Cc6ccccc6CC4C=N5)c(C)cc3CN2C1. The number of amides is 5. The molecule has 4 N–H and O–H groups in total. The molecule has 4 aromatic rings. The highest BCUT2D eigenvalue weighted by Crippen LogP contribution is 2.41. The van der Waals surface area contributed by atoms with Crippen LogP contribution in [0.1, 0.15) is 104 Å². The molecule has 5 heterocycles. The van der Waals surface area contributed by atoms with Crippen LogP contribution in [-0.2, 0) is 99.1 Å². The Morgan fingerprint density at radius 2 is 1.28 bits per heavy atom. The first-order chi connectivity index (χ1) is 52.4. The zero-order valence-corrected chi connectivity index (χ0v) is 63.1. The lowest BCUT2D eigenvalue weighted by atomic mass is 9.88. The van der Waals surface area contributed by atoms with Crippen molar-refractivity contribution in [2.45, 2.75) is 130 Å². The van der Waals surface area contributed by atoms with E-state index >= 15 is 0 Å². The number of nitrogens with one attached hydrogen (secondary N) is 2. The van der Waals surface area contributed by atoms with Gasteiger partial charge in [0, 0.05) is 95.2 Å². The van der Waals surface area contributed by atoms with Gasteiger partial charge in [0.05, 0.1) is 161 Å². The minimum atomic E-state index is -1.25. The van der Waals surface area contributed by atoms with Gasteiger partial charge in [-0.2, -0.15) is 0 Å². The van der Waals surface area contributed by atoms with Gasteiger partial charge < -0.3 is 87.5 Å². The van der Waals surface area contributed by atoms with E-state index in [0.717, 1.165) is 22.3 Å². The van der Waals surface area contributed by atoms with E-state index in [1.54, 1.807) is 49.4 Å². The van der Waals surface area contributed by atoms with Crippen molar-refractivity contribution < 1.29 is 101 Å². The number of rotatable bonds is 47. The summed E-state index contributed by atoms with van der Waals surface area (Å²) in [5.74, 6) is -0.807. The number of carbonyl (C=O) groups is 7. The number of allylic oxidation sites excluding steroid dienone is 1. The second-order valence-corrected chi connectivity index (χ2v) is 27.4. The first-order valence-electron chi connectivity index (χ1n) is 37.4. The number of benzene rings is 4. The van der Waals surface area contributed by atoms with Gasteiger partial charge in [0.2, 0.25) is 17.7 Å². The third-order valence-corrected chi connectivity index (χ3v) is 19.3. The van der Waals surface area contributed by atoms with E-state index in [9.17, 15) is 43.8 Å². The second-order valence-electron chi connectivity index (χ2n) is 27.4. The predicted octanol–water partition coefficient (Wildman–Crippen LogP) is 6.72. The molecule has 0 radical (unpaired) electrons. The van der Waals surface area contributed by atoms with Crippen molar-refractivity contribution >= 4 is 58.9 Å². The number of hydrogen-bond donors (Lipinski definition) is 4. The van der Waals surface area contributed by atoms with Gasteiger partial charge in [-0.1, -0.05) is 74.0 Å². The molecule has 5 aliphatic heterocycles. The molecule has 9 rings (SSSR count). The Labute approximate surface area is 632 Å². The number of aliphatic imine (C=N–C) groups is 1. The van der Waals surface area contributed by atoms with Crippen molar-refractivity contribution in [3.8, 4) is 17.2 Å². The van der Waals surface area contributed by atoms with Crippen molar-refractivity contribution in [3.05, 3.63) is 136 Å². The maximum absolute atomic E-state index is 14.4. The van der Waals surface area contributed by atoms with E-state index in [2.05, 4.69) is 33.7 Å². The highest BCUT2D eigenvalue weighted by Gasteiger charge is 2.43. The number of fused-ring (bicyclic) bond motifs is 5. The summed E-state index contributed by atoms with van der Waals surface area (Å²) in [6.07, 6.45) is 5.56. The van der Waals surface area contributed by atoms with Gasteiger partial charge in [-0.05, 0) is 91.1 Å². The molecular formula is C80H107N7O21. The van der Waals surface area contributed by atoms with Crippen molar-refractivity contribution in [2.75, 3.05) is 151 Å². The number of Topliss-reactive ketones (excluding diaryl/α,β-unsaturated/α-hetero) is 2. The molecule has 1 saturated heterocycles. The molecule has 0 aromatic heterocycles. The number of ether oxygens (including phenoxy) is 12. The molecule has 28 heteroatoms. The Kier molecular flexibility index (Phi) is 33.7. The summed E-state index contributed by atoms with van der Waals surface area (Å²) < 4.78 is 68.6. The van der Waals surface area contributed by atoms with Gasteiger partial charge in [0.25, 0.3) is 5.91 Å². The number of anilines is 1. The average Bonchev–Trinajstić information content (AvgIpc) is 1.45. The zero-order valence-electron chi connectivity index (χ0n) is 63.1. The van der Waals surface area contributed by atoms with Crippen molar-refractivity contribution in [3.63, 3.8) is 0 Å². The molecular weight excluding hydrogens is 1390 g/mol. The molecule has 0 aliphatic carbocycles. The predicted molar refractivity (Wildman–Crippen MR) is 399 cm³/mol. The fourth-order valence-corrected chi connectivity index (χ4v) is 13.1. The Morgan fingerprint density at radius 1 is 0.667 bits per heavy atom. The summed E-state index contributed by atoms with van der Waals surface area (Å²) in [6.45, 7) is 17.6. The quantitative estimate of drug-likeness (QED) is 0.0263. The summed E-state index contributed by atoms with van der Waals surface area (Å²) in [5.41, 5.74) is 7.96. The Balaban J connectivity index is 0.601. The van der Waals surface area contributed by atoms with Gasteiger partial charge in [0.1, 0.15) is 24.4 Å². The molecule has 0 saturated carbocycles. The number of methoxy groups -OCH3 is 1. The Morgan fingerprint density at radius 3 is 1.89 bits per heavy atom. The van der Waals surface area contributed by atoms with Crippen LogP contribution < -0.4 is 29.7 Å². The average molecular weight is 1500 g/mol. The smallest absolute Gasteiger partial charge is 0.416 e. The van der Waals surface area contributed by atoms with Crippen LogP contribution in [0.25, 0.3) is 0 Å². The summed E-state index contributed by atoms with van der Waals surface area (Å²) in [5, 5.41) is 27.4. The fourth-order valence-electron chi connectivity index (χ4n) is 13.1. The van der Waals surface area contributed by atoms with Crippen LogP contribution in [0.4, 0.5) is 16.2 Å².